The number of carbonyl (C=O) groups excluding carboxylic acids is 2. The number of hydrogen-bond donors (Lipinski definition) is 1. The van der Waals surface area contributed by atoms with E-state index in [1.165, 1.54) is 39.5 Å². The smallest absolute Gasteiger partial charge is 0.337 e. The number of anilines is 2. The summed E-state index contributed by atoms with van der Waals surface area (Å²) in [5, 5.41) is 2.57. The number of carbonyl (C=O) groups is 2. The highest BCUT2D eigenvalue weighted by atomic mass is 32.2. The molecule has 0 saturated heterocycles. The van der Waals surface area contributed by atoms with E-state index in [4.69, 9.17) is 9.47 Å². The molecule has 2 aromatic carbocycles. The van der Waals surface area contributed by atoms with Crippen LogP contribution in [0.5, 0.6) is 11.5 Å². The van der Waals surface area contributed by atoms with Crippen molar-refractivity contribution < 1.29 is 32.2 Å². The third-order valence-electron chi connectivity index (χ3n) is 3.91. The first-order valence-corrected chi connectivity index (χ1v) is 10.2. The Bertz CT molecular complexity index is 1010. The summed E-state index contributed by atoms with van der Waals surface area (Å²) in [5.41, 5.74) is 0.733. The largest absolute Gasteiger partial charge is 0.497 e. The summed E-state index contributed by atoms with van der Waals surface area (Å²) in [6, 6.07) is 10.7. The minimum atomic E-state index is -3.83. The molecule has 0 heterocycles. The lowest BCUT2D eigenvalue weighted by Crippen LogP contribution is -2.37. The first-order chi connectivity index (χ1) is 13.7. The molecule has 0 spiro atoms. The van der Waals surface area contributed by atoms with Crippen molar-refractivity contribution >= 4 is 33.3 Å². The second kappa shape index (κ2) is 9.28. The van der Waals surface area contributed by atoms with Crippen LogP contribution in [0.4, 0.5) is 11.4 Å². The number of nitrogens with one attached hydrogen (secondary N) is 1. The molecule has 0 saturated carbocycles. The number of nitrogens with zero attached hydrogens (tertiary/aromatic N) is 1. The summed E-state index contributed by atoms with van der Waals surface area (Å²) in [6.45, 7) is -0.509. The normalized spacial score (nSPS) is 10.8. The Morgan fingerprint density at radius 1 is 1.03 bits per heavy atom. The van der Waals surface area contributed by atoms with Crippen LogP contribution in [-0.2, 0) is 19.6 Å². The van der Waals surface area contributed by atoms with E-state index in [-0.39, 0.29) is 17.0 Å². The topological polar surface area (TPSA) is 111 Å². The molecular weight excluding hydrogens is 400 g/mol. The number of amides is 1. The van der Waals surface area contributed by atoms with Gasteiger partial charge in [-0.2, -0.15) is 0 Å². The van der Waals surface area contributed by atoms with E-state index in [2.05, 4.69) is 10.1 Å². The van der Waals surface area contributed by atoms with Gasteiger partial charge in [-0.05, 0) is 30.3 Å². The molecule has 0 aliphatic heterocycles. The Kier molecular flexibility index (Phi) is 7.05. The number of ether oxygens (including phenoxy) is 3. The first kappa shape index (κ1) is 22.0. The Morgan fingerprint density at radius 2 is 1.76 bits per heavy atom. The molecule has 1 amide bonds. The Hall–Kier alpha value is -3.27. The van der Waals surface area contributed by atoms with Crippen molar-refractivity contribution in [2.45, 2.75) is 0 Å². The summed E-state index contributed by atoms with van der Waals surface area (Å²) >= 11 is 0. The number of hydrogen-bond acceptors (Lipinski definition) is 7. The lowest BCUT2D eigenvalue weighted by molar-refractivity contribution is -0.114. The van der Waals surface area contributed by atoms with Crippen molar-refractivity contribution in [2.24, 2.45) is 0 Å². The summed E-state index contributed by atoms with van der Waals surface area (Å²) in [4.78, 5) is 24.2. The number of methoxy groups -OCH3 is 3. The number of sulfonamides is 1. The van der Waals surface area contributed by atoms with Crippen LogP contribution in [0, 0.1) is 0 Å². The fourth-order valence-electron chi connectivity index (χ4n) is 2.55. The highest BCUT2D eigenvalue weighted by Crippen LogP contribution is 2.33. The van der Waals surface area contributed by atoms with Gasteiger partial charge >= 0.3 is 5.97 Å². The fourth-order valence-corrected chi connectivity index (χ4v) is 3.40. The minimum absolute atomic E-state index is 0.160. The van der Waals surface area contributed by atoms with Gasteiger partial charge in [0.15, 0.2) is 0 Å². The van der Waals surface area contributed by atoms with E-state index < -0.39 is 28.4 Å². The van der Waals surface area contributed by atoms with Crippen LogP contribution < -0.4 is 19.1 Å². The molecule has 0 aliphatic rings. The second-order valence-corrected chi connectivity index (χ2v) is 7.83. The second-order valence-electron chi connectivity index (χ2n) is 5.93. The average molecular weight is 422 g/mol. The Morgan fingerprint density at radius 3 is 2.34 bits per heavy atom. The average Bonchev–Trinajstić information content (AvgIpc) is 2.70. The molecule has 0 atom stereocenters. The molecule has 0 bridgehead atoms. The van der Waals surface area contributed by atoms with E-state index in [9.17, 15) is 18.0 Å². The van der Waals surface area contributed by atoms with Gasteiger partial charge in [0.25, 0.3) is 0 Å². The molecule has 29 heavy (non-hydrogen) atoms. The lowest BCUT2D eigenvalue weighted by atomic mass is 10.2. The van der Waals surface area contributed by atoms with Gasteiger partial charge in [-0.3, -0.25) is 9.10 Å². The summed E-state index contributed by atoms with van der Waals surface area (Å²) in [6.07, 6.45) is 0.983. The maximum Gasteiger partial charge on any atom is 0.337 e. The molecule has 0 unspecified atom stereocenters. The van der Waals surface area contributed by atoms with E-state index in [0.717, 1.165) is 10.6 Å². The van der Waals surface area contributed by atoms with E-state index in [0.29, 0.717) is 11.4 Å². The monoisotopic (exact) mass is 422 g/mol. The quantitative estimate of drug-likeness (QED) is 0.647. The molecular formula is C19H22N2O7S. The molecule has 10 heteroatoms. The van der Waals surface area contributed by atoms with Crippen molar-refractivity contribution in [1.29, 1.82) is 0 Å². The standard InChI is InChI=1S/C19H22N2O7S/c1-26-15-8-9-17(27-2)16(11-15)21(29(4,24)25)12-18(22)20-14-7-5-6-13(10-14)19(23)28-3/h5-11H,12H2,1-4H3,(H,20,22). The van der Waals surface area contributed by atoms with Crippen molar-refractivity contribution in [3.05, 3.63) is 48.0 Å². The van der Waals surface area contributed by atoms with Gasteiger partial charge in [-0.15, -0.1) is 0 Å². The zero-order chi connectivity index (χ0) is 21.6. The SMILES string of the molecule is COC(=O)c1cccc(NC(=O)CN(c2cc(OC)ccc2OC)S(C)(=O)=O)c1. The number of rotatable bonds is 8. The van der Waals surface area contributed by atoms with E-state index >= 15 is 0 Å². The van der Waals surface area contributed by atoms with Gasteiger partial charge in [0, 0.05) is 11.8 Å². The predicted octanol–water partition coefficient (Wildman–Crippen LogP) is 1.90. The molecule has 0 aliphatic carbocycles. The maximum atomic E-state index is 12.5. The summed E-state index contributed by atoms with van der Waals surface area (Å²) < 4.78 is 40.6. The number of benzene rings is 2. The van der Waals surface area contributed by atoms with E-state index in [1.54, 1.807) is 24.3 Å². The van der Waals surface area contributed by atoms with Crippen LogP contribution in [0.25, 0.3) is 0 Å². The molecule has 156 valence electrons. The molecule has 2 rings (SSSR count). The Labute approximate surface area is 169 Å². The third kappa shape index (κ3) is 5.61. The van der Waals surface area contributed by atoms with Crippen molar-refractivity contribution in [3.8, 4) is 11.5 Å². The maximum absolute atomic E-state index is 12.5. The molecule has 1 N–H and O–H groups in total. The Balaban J connectivity index is 2.31. The van der Waals surface area contributed by atoms with Crippen LogP contribution in [0.15, 0.2) is 42.5 Å². The van der Waals surface area contributed by atoms with Gasteiger partial charge in [0.1, 0.15) is 18.0 Å². The highest BCUT2D eigenvalue weighted by molar-refractivity contribution is 7.92. The zero-order valence-corrected chi connectivity index (χ0v) is 17.3. The highest BCUT2D eigenvalue weighted by Gasteiger charge is 2.25. The fraction of sp³-hybridized carbons (Fsp3) is 0.263. The van der Waals surface area contributed by atoms with Gasteiger partial charge in [0.2, 0.25) is 15.9 Å². The third-order valence-corrected chi connectivity index (χ3v) is 5.04. The van der Waals surface area contributed by atoms with Crippen LogP contribution in [0.3, 0.4) is 0 Å². The van der Waals surface area contributed by atoms with Gasteiger partial charge in [-0.25, -0.2) is 13.2 Å². The predicted molar refractivity (Wildman–Crippen MR) is 108 cm³/mol. The summed E-state index contributed by atoms with van der Waals surface area (Å²) in [7, 11) is 0.258. The van der Waals surface area contributed by atoms with Crippen LogP contribution in [-0.4, -0.2) is 54.4 Å². The molecule has 9 nitrogen and oxygen atoms in total. The van der Waals surface area contributed by atoms with Crippen LogP contribution in [0.1, 0.15) is 10.4 Å². The molecule has 2 aromatic rings. The summed E-state index contributed by atoms with van der Waals surface area (Å²) in [5.74, 6) is -0.500. The van der Waals surface area contributed by atoms with Gasteiger partial charge in [0.05, 0.1) is 38.8 Å². The van der Waals surface area contributed by atoms with Crippen molar-refractivity contribution in [3.63, 3.8) is 0 Å². The van der Waals surface area contributed by atoms with E-state index in [1.807, 2.05) is 0 Å². The van der Waals surface area contributed by atoms with Crippen molar-refractivity contribution in [2.75, 3.05) is 43.8 Å². The molecule has 0 radical (unpaired) electrons. The minimum Gasteiger partial charge on any atom is -0.497 e. The van der Waals surface area contributed by atoms with Gasteiger partial charge < -0.3 is 19.5 Å². The number of esters is 1. The zero-order valence-electron chi connectivity index (χ0n) is 16.5. The van der Waals surface area contributed by atoms with Crippen LogP contribution >= 0.6 is 0 Å². The van der Waals surface area contributed by atoms with Crippen molar-refractivity contribution in [1.82, 2.24) is 0 Å². The lowest BCUT2D eigenvalue weighted by Gasteiger charge is -2.24. The molecule has 0 aromatic heterocycles. The van der Waals surface area contributed by atoms with Gasteiger partial charge in [-0.1, -0.05) is 6.07 Å². The first-order valence-electron chi connectivity index (χ1n) is 8.37. The molecule has 0 fully saturated rings. The van der Waals surface area contributed by atoms with Crippen LogP contribution in [0.2, 0.25) is 0 Å².